The summed E-state index contributed by atoms with van der Waals surface area (Å²) >= 11 is 3.47. The van der Waals surface area contributed by atoms with E-state index in [4.69, 9.17) is 15.0 Å². The van der Waals surface area contributed by atoms with Crippen LogP contribution in [0.1, 0.15) is 5.56 Å². The van der Waals surface area contributed by atoms with Crippen molar-refractivity contribution in [3.63, 3.8) is 0 Å². The van der Waals surface area contributed by atoms with Gasteiger partial charge in [-0.05, 0) is 19.1 Å². The van der Waals surface area contributed by atoms with E-state index in [1.165, 1.54) is 0 Å². The predicted molar refractivity (Wildman–Crippen MR) is 65.3 cm³/mol. The van der Waals surface area contributed by atoms with Crippen molar-refractivity contribution in [2.24, 2.45) is 0 Å². The summed E-state index contributed by atoms with van der Waals surface area (Å²) in [7, 11) is 1.63. The van der Waals surface area contributed by atoms with Crippen LogP contribution in [-0.2, 0) is 0 Å². The third-order valence-corrected chi connectivity index (χ3v) is 3.16. The molecule has 0 aliphatic carbocycles. The van der Waals surface area contributed by atoms with E-state index in [1.807, 2.05) is 19.1 Å². The monoisotopic (exact) mass is 282 g/mol. The zero-order chi connectivity index (χ0) is 11.7. The van der Waals surface area contributed by atoms with Gasteiger partial charge in [-0.1, -0.05) is 21.1 Å². The highest BCUT2D eigenvalue weighted by atomic mass is 79.9. The number of ether oxygens (including phenoxy) is 1. The summed E-state index contributed by atoms with van der Waals surface area (Å²) in [6.07, 6.45) is 0. The first-order valence-corrected chi connectivity index (χ1v) is 5.48. The van der Waals surface area contributed by atoms with Crippen molar-refractivity contribution in [2.75, 3.05) is 12.8 Å². The summed E-state index contributed by atoms with van der Waals surface area (Å²) in [5.41, 5.74) is 8.12. The first-order valence-electron chi connectivity index (χ1n) is 4.68. The summed E-state index contributed by atoms with van der Waals surface area (Å²) in [5.74, 6) is 1.09. The van der Waals surface area contributed by atoms with Crippen LogP contribution in [-0.4, -0.2) is 12.3 Å². The van der Waals surface area contributed by atoms with Gasteiger partial charge in [0.15, 0.2) is 0 Å². The number of halogens is 1. The molecule has 1 aromatic carbocycles. The van der Waals surface area contributed by atoms with Gasteiger partial charge in [0.2, 0.25) is 5.88 Å². The number of benzene rings is 1. The van der Waals surface area contributed by atoms with Gasteiger partial charge in [-0.15, -0.1) is 0 Å². The lowest BCUT2D eigenvalue weighted by atomic mass is 10.1. The molecule has 4 nitrogen and oxygen atoms in total. The topological polar surface area (TPSA) is 61.3 Å². The summed E-state index contributed by atoms with van der Waals surface area (Å²) in [6.45, 7) is 1.98. The minimum atomic E-state index is 0.297. The fourth-order valence-electron chi connectivity index (χ4n) is 1.44. The van der Waals surface area contributed by atoms with Crippen molar-refractivity contribution in [2.45, 2.75) is 6.92 Å². The van der Waals surface area contributed by atoms with Gasteiger partial charge < -0.3 is 15.0 Å². The van der Waals surface area contributed by atoms with Crippen LogP contribution in [0, 0.1) is 6.92 Å². The highest BCUT2D eigenvalue weighted by Gasteiger charge is 2.10. The van der Waals surface area contributed by atoms with Crippen molar-refractivity contribution in [1.82, 2.24) is 5.16 Å². The Balaban J connectivity index is 2.54. The Labute approximate surface area is 102 Å². The van der Waals surface area contributed by atoms with E-state index in [9.17, 15) is 0 Å². The highest BCUT2D eigenvalue weighted by Crippen LogP contribution is 2.32. The molecule has 2 N–H and O–H groups in total. The lowest BCUT2D eigenvalue weighted by molar-refractivity contribution is 0.411. The standard InChI is InChI=1S/C11H11BrN2O2/c1-6-8(12)3-7(4-10(6)15-2)9-5-11(13)16-14-9/h3-5H,13H2,1-2H3. The van der Waals surface area contributed by atoms with Crippen LogP contribution in [0.3, 0.4) is 0 Å². The van der Waals surface area contributed by atoms with Crippen LogP contribution in [0.4, 0.5) is 5.88 Å². The lowest BCUT2D eigenvalue weighted by Crippen LogP contribution is -1.89. The van der Waals surface area contributed by atoms with Crippen LogP contribution in [0.5, 0.6) is 5.75 Å². The normalized spacial score (nSPS) is 10.4. The second-order valence-corrected chi connectivity index (χ2v) is 4.25. The van der Waals surface area contributed by atoms with Crippen molar-refractivity contribution >= 4 is 21.8 Å². The Bertz CT molecular complexity index is 523. The zero-order valence-corrected chi connectivity index (χ0v) is 10.5. The van der Waals surface area contributed by atoms with Crippen molar-refractivity contribution < 1.29 is 9.26 Å². The van der Waals surface area contributed by atoms with Crippen LogP contribution < -0.4 is 10.5 Å². The number of methoxy groups -OCH3 is 1. The lowest BCUT2D eigenvalue weighted by Gasteiger charge is -2.08. The van der Waals surface area contributed by atoms with Crippen molar-refractivity contribution in [3.05, 3.63) is 28.2 Å². The third kappa shape index (κ3) is 1.90. The van der Waals surface area contributed by atoms with Crippen molar-refractivity contribution in [3.8, 4) is 17.0 Å². The SMILES string of the molecule is COc1cc(-c2cc(N)on2)cc(Br)c1C. The molecule has 0 bridgehead atoms. The van der Waals surface area contributed by atoms with Crippen LogP contribution in [0.15, 0.2) is 27.2 Å². The van der Waals surface area contributed by atoms with E-state index in [1.54, 1.807) is 13.2 Å². The maximum absolute atomic E-state index is 5.48. The molecule has 0 saturated heterocycles. The summed E-state index contributed by atoms with van der Waals surface area (Å²) in [6, 6.07) is 5.53. The number of nitrogens with zero attached hydrogens (tertiary/aromatic N) is 1. The number of hydrogen-bond donors (Lipinski definition) is 1. The number of anilines is 1. The average Bonchev–Trinajstić information content (AvgIpc) is 2.69. The Morgan fingerprint density at radius 2 is 2.12 bits per heavy atom. The fraction of sp³-hybridized carbons (Fsp3) is 0.182. The smallest absolute Gasteiger partial charge is 0.222 e. The van der Waals surface area contributed by atoms with E-state index in [0.29, 0.717) is 11.6 Å². The van der Waals surface area contributed by atoms with Crippen molar-refractivity contribution in [1.29, 1.82) is 0 Å². The molecule has 2 rings (SSSR count). The van der Waals surface area contributed by atoms with E-state index in [-0.39, 0.29) is 0 Å². The minimum absolute atomic E-state index is 0.297. The summed E-state index contributed by atoms with van der Waals surface area (Å²) < 4.78 is 11.1. The Hall–Kier alpha value is -1.49. The van der Waals surface area contributed by atoms with Crippen LogP contribution >= 0.6 is 15.9 Å². The molecular weight excluding hydrogens is 272 g/mol. The largest absolute Gasteiger partial charge is 0.496 e. The van der Waals surface area contributed by atoms with E-state index >= 15 is 0 Å². The third-order valence-electron chi connectivity index (χ3n) is 2.34. The predicted octanol–water partition coefficient (Wildman–Crippen LogP) is 3.00. The molecule has 2 aromatic rings. The van der Waals surface area contributed by atoms with Gasteiger partial charge >= 0.3 is 0 Å². The van der Waals surface area contributed by atoms with Crippen LogP contribution in [0.25, 0.3) is 11.3 Å². The average molecular weight is 283 g/mol. The molecule has 1 aromatic heterocycles. The second kappa shape index (κ2) is 4.17. The highest BCUT2D eigenvalue weighted by molar-refractivity contribution is 9.10. The van der Waals surface area contributed by atoms with Gasteiger partial charge in [-0.3, -0.25) is 0 Å². The van der Waals surface area contributed by atoms with Gasteiger partial charge in [0.1, 0.15) is 11.4 Å². The van der Waals surface area contributed by atoms with Crippen LogP contribution in [0.2, 0.25) is 0 Å². The van der Waals surface area contributed by atoms with E-state index < -0.39 is 0 Å². The van der Waals surface area contributed by atoms with Gasteiger partial charge in [0.25, 0.3) is 0 Å². The van der Waals surface area contributed by atoms with Gasteiger partial charge in [-0.2, -0.15) is 0 Å². The number of aromatic nitrogens is 1. The van der Waals surface area contributed by atoms with E-state index in [0.717, 1.165) is 21.3 Å². The maximum Gasteiger partial charge on any atom is 0.222 e. The molecular formula is C11H11BrN2O2. The quantitative estimate of drug-likeness (QED) is 0.920. The molecule has 84 valence electrons. The van der Waals surface area contributed by atoms with Gasteiger partial charge in [0, 0.05) is 21.7 Å². The minimum Gasteiger partial charge on any atom is -0.496 e. The molecule has 0 radical (unpaired) electrons. The number of nitrogens with two attached hydrogens (primary N) is 1. The number of hydrogen-bond acceptors (Lipinski definition) is 4. The summed E-state index contributed by atoms with van der Waals surface area (Å²) in [4.78, 5) is 0. The molecule has 0 aliphatic heterocycles. The molecule has 0 saturated carbocycles. The molecule has 0 fully saturated rings. The Morgan fingerprint density at radius 1 is 1.38 bits per heavy atom. The molecule has 0 aliphatic rings. The molecule has 5 heteroatoms. The summed E-state index contributed by atoms with van der Waals surface area (Å²) in [5, 5.41) is 3.86. The number of rotatable bonds is 2. The number of nitrogen functional groups attached to an aromatic ring is 1. The molecule has 0 unspecified atom stereocenters. The Kier molecular flexibility index (Phi) is 2.87. The molecule has 0 atom stereocenters. The van der Waals surface area contributed by atoms with E-state index in [2.05, 4.69) is 21.1 Å². The zero-order valence-electron chi connectivity index (χ0n) is 8.95. The molecule has 1 heterocycles. The molecule has 0 spiro atoms. The second-order valence-electron chi connectivity index (χ2n) is 3.40. The van der Waals surface area contributed by atoms with Gasteiger partial charge in [0.05, 0.1) is 7.11 Å². The fourth-order valence-corrected chi connectivity index (χ4v) is 1.88. The molecule has 16 heavy (non-hydrogen) atoms. The Morgan fingerprint density at radius 3 is 2.69 bits per heavy atom. The first kappa shape index (κ1) is 11.0. The molecule has 0 amide bonds. The van der Waals surface area contributed by atoms with Gasteiger partial charge in [-0.25, -0.2) is 0 Å². The maximum atomic E-state index is 5.48. The first-order chi connectivity index (χ1) is 7.61.